The average molecular weight is 340 g/mol. The average Bonchev–Trinajstić information content (AvgIpc) is 3.03. The van der Waals surface area contributed by atoms with Gasteiger partial charge in [-0.15, -0.1) is 0 Å². The zero-order chi connectivity index (χ0) is 17.8. The number of pyridine rings is 1. The van der Waals surface area contributed by atoms with E-state index in [9.17, 15) is 13.6 Å². The fourth-order valence-corrected chi connectivity index (χ4v) is 3.14. The minimum absolute atomic E-state index is 0.285. The number of hydrogen-bond acceptors (Lipinski definition) is 3. The predicted molar refractivity (Wildman–Crippen MR) is 89.3 cm³/mol. The summed E-state index contributed by atoms with van der Waals surface area (Å²) in [6.45, 7) is 3.68. The van der Waals surface area contributed by atoms with Gasteiger partial charge in [-0.3, -0.25) is 4.79 Å². The monoisotopic (exact) mass is 340 g/mol. The van der Waals surface area contributed by atoms with Crippen LogP contribution in [0.1, 0.15) is 25.0 Å². The van der Waals surface area contributed by atoms with Gasteiger partial charge in [0, 0.05) is 28.6 Å². The summed E-state index contributed by atoms with van der Waals surface area (Å²) < 4.78 is 32.7. The molecule has 2 aliphatic heterocycles. The SMILES string of the molecule is CC1(C)O/C(=C2/C(=O)Nc3ccc(F)cc32)C=C1c1ccc(F)nc1. The Balaban J connectivity index is 1.87. The number of aromatic nitrogens is 1. The molecule has 1 aromatic carbocycles. The standard InChI is InChI=1S/C19H14F2N2O2/c1-19(2)13(10-3-6-16(21)22-9-10)8-15(25-19)17-12-7-11(20)4-5-14(12)23-18(17)24/h3-9H,1-2H3,(H,23,24)/b17-15+. The molecule has 0 fully saturated rings. The van der Waals surface area contributed by atoms with Crippen molar-refractivity contribution in [2.75, 3.05) is 5.32 Å². The molecule has 0 spiro atoms. The van der Waals surface area contributed by atoms with Crippen molar-refractivity contribution in [1.29, 1.82) is 0 Å². The number of benzene rings is 1. The molecule has 4 nitrogen and oxygen atoms in total. The van der Waals surface area contributed by atoms with Gasteiger partial charge in [-0.2, -0.15) is 4.39 Å². The molecule has 0 atom stereocenters. The molecule has 1 amide bonds. The third kappa shape index (κ3) is 2.50. The molecule has 3 heterocycles. The smallest absolute Gasteiger partial charge is 0.260 e. The van der Waals surface area contributed by atoms with E-state index in [0.29, 0.717) is 22.6 Å². The molecule has 0 aliphatic carbocycles. The van der Waals surface area contributed by atoms with Crippen LogP contribution >= 0.6 is 0 Å². The third-order valence-electron chi connectivity index (χ3n) is 4.30. The number of rotatable bonds is 1. The molecule has 0 saturated carbocycles. The lowest BCUT2D eigenvalue weighted by Gasteiger charge is -2.23. The molecule has 126 valence electrons. The topological polar surface area (TPSA) is 51.2 Å². The summed E-state index contributed by atoms with van der Waals surface area (Å²) >= 11 is 0. The molecular formula is C19H14F2N2O2. The van der Waals surface area contributed by atoms with Crippen molar-refractivity contribution >= 4 is 22.7 Å². The number of carbonyl (C=O) groups excluding carboxylic acids is 1. The molecule has 2 aliphatic rings. The number of halogens is 2. The van der Waals surface area contributed by atoms with Gasteiger partial charge in [0.1, 0.15) is 17.2 Å². The Labute approximate surface area is 142 Å². The van der Waals surface area contributed by atoms with Gasteiger partial charge in [-0.05, 0) is 50.3 Å². The molecule has 0 bridgehead atoms. The zero-order valence-electron chi connectivity index (χ0n) is 13.6. The normalized spacial score (nSPS) is 20.8. The van der Waals surface area contributed by atoms with Crippen molar-refractivity contribution in [3.05, 3.63) is 71.3 Å². The van der Waals surface area contributed by atoms with Crippen LogP contribution < -0.4 is 5.32 Å². The van der Waals surface area contributed by atoms with E-state index in [1.807, 2.05) is 13.8 Å². The molecule has 0 unspecified atom stereocenters. The Morgan fingerprint density at radius 1 is 1.16 bits per heavy atom. The largest absolute Gasteiger partial charge is 0.482 e. The molecule has 1 N–H and O–H groups in total. The van der Waals surface area contributed by atoms with Gasteiger partial charge in [0.15, 0.2) is 0 Å². The first-order chi connectivity index (χ1) is 11.8. The lowest BCUT2D eigenvalue weighted by molar-refractivity contribution is -0.111. The second-order valence-corrected chi connectivity index (χ2v) is 6.42. The van der Waals surface area contributed by atoms with Crippen LogP contribution in [0.2, 0.25) is 0 Å². The first kappa shape index (κ1) is 15.5. The lowest BCUT2D eigenvalue weighted by Crippen LogP contribution is -2.21. The fourth-order valence-electron chi connectivity index (χ4n) is 3.14. The van der Waals surface area contributed by atoms with Crippen LogP contribution in [0.5, 0.6) is 0 Å². The van der Waals surface area contributed by atoms with Gasteiger partial charge in [-0.25, -0.2) is 9.37 Å². The Morgan fingerprint density at radius 2 is 1.96 bits per heavy atom. The van der Waals surface area contributed by atoms with E-state index in [4.69, 9.17) is 4.74 Å². The molecule has 2 aromatic rings. The predicted octanol–water partition coefficient (Wildman–Crippen LogP) is 3.92. The van der Waals surface area contributed by atoms with Gasteiger partial charge in [0.25, 0.3) is 5.91 Å². The first-order valence-electron chi connectivity index (χ1n) is 7.74. The first-order valence-corrected chi connectivity index (χ1v) is 7.74. The number of nitrogens with one attached hydrogen (secondary N) is 1. The summed E-state index contributed by atoms with van der Waals surface area (Å²) in [6.07, 6.45) is 3.14. The van der Waals surface area contributed by atoms with Gasteiger partial charge < -0.3 is 10.1 Å². The molecule has 4 rings (SSSR count). The third-order valence-corrected chi connectivity index (χ3v) is 4.30. The van der Waals surface area contributed by atoms with Crippen LogP contribution in [0.15, 0.2) is 48.4 Å². The second kappa shape index (κ2) is 5.24. The summed E-state index contributed by atoms with van der Waals surface area (Å²) in [7, 11) is 0. The van der Waals surface area contributed by atoms with Crippen LogP contribution in [0.25, 0.3) is 11.1 Å². The van der Waals surface area contributed by atoms with Crippen molar-refractivity contribution in [3.8, 4) is 0 Å². The second-order valence-electron chi connectivity index (χ2n) is 6.42. The highest BCUT2D eigenvalue weighted by molar-refractivity contribution is 6.32. The fraction of sp³-hybridized carbons (Fsp3) is 0.158. The molecule has 0 radical (unpaired) electrons. The van der Waals surface area contributed by atoms with E-state index in [-0.39, 0.29) is 11.5 Å². The van der Waals surface area contributed by atoms with E-state index in [1.54, 1.807) is 12.1 Å². The Hall–Kier alpha value is -3.02. The van der Waals surface area contributed by atoms with Crippen molar-refractivity contribution in [2.24, 2.45) is 0 Å². The van der Waals surface area contributed by atoms with Gasteiger partial charge in [-0.1, -0.05) is 0 Å². The lowest BCUT2D eigenvalue weighted by atomic mass is 9.93. The number of ether oxygens (including phenoxy) is 1. The maximum absolute atomic E-state index is 13.6. The molecular weight excluding hydrogens is 326 g/mol. The van der Waals surface area contributed by atoms with E-state index in [1.165, 1.54) is 30.5 Å². The van der Waals surface area contributed by atoms with E-state index < -0.39 is 17.4 Å². The van der Waals surface area contributed by atoms with E-state index in [0.717, 1.165) is 5.57 Å². The maximum Gasteiger partial charge on any atom is 0.260 e. The van der Waals surface area contributed by atoms with Crippen molar-refractivity contribution in [2.45, 2.75) is 19.4 Å². The van der Waals surface area contributed by atoms with Crippen LogP contribution in [-0.2, 0) is 9.53 Å². The van der Waals surface area contributed by atoms with Gasteiger partial charge in [0.05, 0.1) is 5.57 Å². The Morgan fingerprint density at radius 3 is 2.68 bits per heavy atom. The highest BCUT2D eigenvalue weighted by Gasteiger charge is 2.38. The highest BCUT2D eigenvalue weighted by Crippen LogP contribution is 2.44. The van der Waals surface area contributed by atoms with E-state index >= 15 is 0 Å². The maximum atomic E-state index is 13.6. The summed E-state index contributed by atoms with van der Waals surface area (Å²) in [4.78, 5) is 16.0. The molecule has 25 heavy (non-hydrogen) atoms. The van der Waals surface area contributed by atoms with Crippen LogP contribution in [0.3, 0.4) is 0 Å². The summed E-state index contributed by atoms with van der Waals surface area (Å²) in [6, 6.07) is 6.99. The number of anilines is 1. The summed E-state index contributed by atoms with van der Waals surface area (Å²) in [5, 5.41) is 2.71. The highest BCUT2D eigenvalue weighted by atomic mass is 19.1. The number of allylic oxidation sites excluding steroid dienone is 1. The van der Waals surface area contributed by atoms with Crippen molar-refractivity contribution < 1.29 is 18.3 Å². The van der Waals surface area contributed by atoms with Crippen LogP contribution in [-0.4, -0.2) is 16.5 Å². The van der Waals surface area contributed by atoms with Gasteiger partial charge in [0.2, 0.25) is 5.95 Å². The number of carbonyl (C=O) groups is 1. The Bertz CT molecular complexity index is 960. The summed E-state index contributed by atoms with van der Waals surface area (Å²) in [5.74, 6) is -0.996. The quantitative estimate of drug-likeness (QED) is 0.632. The van der Waals surface area contributed by atoms with Crippen molar-refractivity contribution in [3.63, 3.8) is 0 Å². The number of nitrogens with zero attached hydrogens (tertiary/aromatic N) is 1. The molecule has 0 saturated heterocycles. The summed E-state index contributed by atoms with van der Waals surface area (Å²) in [5.41, 5.74) is 2.01. The van der Waals surface area contributed by atoms with Gasteiger partial charge >= 0.3 is 0 Å². The van der Waals surface area contributed by atoms with E-state index in [2.05, 4.69) is 10.3 Å². The number of amides is 1. The number of fused-ring (bicyclic) bond motifs is 1. The minimum atomic E-state index is -0.738. The van der Waals surface area contributed by atoms with Crippen molar-refractivity contribution in [1.82, 2.24) is 4.98 Å². The molecule has 6 heteroatoms. The van der Waals surface area contributed by atoms with Crippen LogP contribution in [0.4, 0.5) is 14.5 Å². The molecule has 1 aromatic heterocycles. The zero-order valence-corrected chi connectivity index (χ0v) is 13.6. The van der Waals surface area contributed by atoms with Crippen LogP contribution in [0, 0.1) is 11.8 Å². The Kier molecular flexibility index (Phi) is 3.25. The number of hydrogen-bond donors (Lipinski definition) is 1. The minimum Gasteiger partial charge on any atom is -0.482 e.